The van der Waals surface area contributed by atoms with Gasteiger partial charge in [0.15, 0.2) is 5.82 Å². The number of nitrogens with one attached hydrogen (secondary N) is 1. The Balaban J connectivity index is 1.89. The van der Waals surface area contributed by atoms with E-state index in [0.29, 0.717) is 23.1 Å². The van der Waals surface area contributed by atoms with Gasteiger partial charge in [0.1, 0.15) is 17.8 Å². The van der Waals surface area contributed by atoms with Crippen LogP contribution in [-0.4, -0.2) is 9.97 Å². The Hall–Kier alpha value is -3.08. The molecule has 0 aliphatic carbocycles. The molecule has 0 saturated carbocycles. The molecule has 1 aromatic heterocycles. The molecule has 3 N–H and O–H groups in total. The first kappa shape index (κ1) is 14.8. The van der Waals surface area contributed by atoms with Crippen LogP contribution in [0.25, 0.3) is 0 Å². The zero-order valence-electron chi connectivity index (χ0n) is 13.1. The van der Waals surface area contributed by atoms with Crippen molar-refractivity contribution in [3.63, 3.8) is 0 Å². The summed E-state index contributed by atoms with van der Waals surface area (Å²) in [6.07, 6.45) is 1.43. The summed E-state index contributed by atoms with van der Waals surface area (Å²) < 4.78 is 5.73. The van der Waals surface area contributed by atoms with Gasteiger partial charge in [0.2, 0.25) is 5.88 Å². The quantitative estimate of drug-likeness (QED) is 0.755. The van der Waals surface area contributed by atoms with Crippen molar-refractivity contribution in [1.29, 1.82) is 0 Å². The lowest BCUT2D eigenvalue weighted by Crippen LogP contribution is -2.04. The fourth-order valence-electron chi connectivity index (χ4n) is 2.17. The molecule has 0 unspecified atom stereocenters. The van der Waals surface area contributed by atoms with E-state index in [1.807, 2.05) is 42.5 Å². The van der Waals surface area contributed by atoms with Crippen molar-refractivity contribution in [1.82, 2.24) is 9.97 Å². The van der Waals surface area contributed by atoms with Crippen molar-refractivity contribution in [2.24, 2.45) is 0 Å². The number of nitrogen functional groups attached to an aromatic ring is 1. The van der Waals surface area contributed by atoms with E-state index in [4.69, 9.17) is 10.5 Å². The number of anilines is 3. The van der Waals surface area contributed by atoms with Gasteiger partial charge in [0.25, 0.3) is 0 Å². The molecule has 0 aliphatic heterocycles. The van der Waals surface area contributed by atoms with E-state index < -0.39 is 0 Å². The molecule has 2 aromatic carbocycles. The van der Waals surface area contributed by atoms with Gasteiger partial charge in [-0.2, -0.15) is 4.98 Å². The van der Waals surface area contributed by atoms with Crippen LogP contribution in [0.4, 0.5) is 17.2 Å². The maximum atomic E-state index is 6.15. The molecule has 116 valence electrons. The molecule has 0 bridgehead atoms. The number of hydrogen-bond donors (Lipinski definition) is 2. The van der Waals surface area contributed by atoms with Gasteiger partial charge in [-0.1, -0.05) is 30.3 Å². The summed E-state index contributed by atoms with van der Waals surface area (Å²) >= 11 is 0. The number of hydrogen-bond acceptors (Lipinski definition) is 5. The van der Waals surface area contributed by atoms with Gasteiger partial charge >= 0.3 is 0 Å². The molecule has 1 heterocycles. The van der Waals surface area contributed by atoms with E-state index in [1.165, 1.54) is 11.9 Å². The van der Waals surface area contributed by atoms with Gasteiger partial charge in [-0.3, -0.25) is 0 Å². The number of para-hydroxylation sites is 1. The monoisotopic (exact) mass is 306 g/mol. The largest absolute Gasteiger partial charge is 0.437 e. The predicted octanol–water partition coefficient (Wildman–Crippen LogP) is 4.21. The number of rotatable bonds is 4. The molecule has 0 fully saturated rings. The Morgan fingerprint density at radius 1 is 0.957 bits per heavy atom. The lowest BCUT2D eigenvalue weighted by molar-refractivity contribution is 0.464. The van der Waals surface area contributed by atoms with Crippen molar-refractivity contribution in [2.75, 3.05) is 11.1 Å². The number of benzene rings is 2. The molecular weight excluding hydrogens is 288 g/mol. The van der Waals surface area contributed by atoms with Crippen LogP contribution in [0.3, 0.4) is 0 Å². The Bertz CT molecular complexity index is 819. The molecule has 0 amide bonds. The first-order valence-corrected chi connectivity index (χ1v) is 7.32. The third-order valence-electron chi connectivity index (χ3n) is 3.66. The fraction of sp³-hybridized carbons (Fsp3) is 0.111. The van der Waals surface area contributed by atoms with Crippen LogP contribution in [0.2, 0.25) is 0 Å². The first-order chi connectivity index (χ1) is 11.1. The van der Waals surface area contributed by atoms with Crippen LogP contribution in [0.5, 0.6) is 11.6 Å². The van der Waals surface area contributed by atoms with Gasteiger partial charge in [-0.15, -0.1) is 0 Å². The molecule has 3 rings (SSSR count). The summed E-state index contributed by atoms with van der Waals surface area (Å²) in [5.74, 6) is 1.54. The van der Waals surface area contributed by atoms with Crippen molar-refractivity contribution >= 4 is 17.2 Å². The number of ether oxygens (including phenoxy) is 1. The second-order valence-electron chi connectivity index (χ2n) is 5.23. The van der Waals surface area contributed by atoms with Gasteiger partial charge < -0.3 is 15.8 Å². The Morgan fingerprint density at radius 2 is 1.74 bits per heavy atom. The molecule has 0 aliphatic rings. The topological polar surface area (TPSA) is 73.1 Å². The number of nitrogens with zero attached hydrogens (tertiary/aromatic N) is 2. The Morgan fingerprint density at radius 3 is 2.52 bits per heavy atom. The molecular formula is C18H18N4O. The van der Waals surface area contributed by atoms with Gasteiger partial charge in [-0.25, -0.2) is 4.98 Å². The standard InChI is InChI=1S/C18H18N4O/c1-12-7-6-10-15(13(12)2)22-17-16(19)18(21-11-20-17)23-14-8-4-3-5-9-14/h3-11H,19H2,1-2H3,(H,20,21,22). The summed E-state index contributed by atoms with van der Waals surface area (Å²) in [6.45, 7) is 4.12. The van der Waals surface area contributed by atoms with Crippen LogP contribution >= 0.6 is 0 Å². The second kappa shape index (κ2) is 6.36. The smallest absolute Gasteiger partial charge is 0.248 e. The van der Waals surface area contributed by atoms with Crippen LogP contribution < -0.4 is 15.8 Å². The average Bonchev–Trinajstić information content (AvgIpc) is 2.56. The van der Waals surface area contributed by atoms with E-state index in [-0.39, 0.29) is 0 Å². The van der Waals surface area contributed by atoms with E-state index in [9.17, 15) is 0 Å². The summed E-state index contributed by atoms with van der Waals surface area (Å²) in [6, 6.07) is 15.4. The highest BCUT2D eigenvalue weighted by molar-refractivity contribution is 5.74. The molecule has 5 nitrogen and oxygen atoms in total. The number of aromatic nitrogens is 2. The highest BCUT2D eigenvalue weighted by atomic mass is 16.5. The van der Waals surface area contributed by atoms with Crippen LogP contribution in [0.15, 0.2) is 54.9 Å². The molecule has 3 aromatic rings. The number of nitrogens with two attached hydrogens (primary N) is 1. The minimum absolute atomic E-state index is 0.332. The third kappa shape index (κ3) is 3.23. The SMILES string of the molecule is Cc1cccc(Nc2ncnc(Oc3ccccc3)c2N)c1C. The average molecular weight is 306 g/mol. The van der Waals surface area contributed by atoms with E-state index >= 15 is 0 Å². The molecule has 0 radical (unpaired) electrons. The van der Waals surface area contributed by atoms with E-state index in [1.54, 1.807) is 0 Å². The third-order valence-corrected chi connectivity index (χ3v) is 3.66. The Labute approximate surface area is 135 Å². The highest BCUT2D eigenvalue weighted by Crippen LogP contribution is 2.31. The van der Waals surface area contributed by atoms with Crippen LogP contribution in [0.1, 0.15) is 11.1 Å². The summed E-state index contributed by atoms with van der Waals surface area (Å²) in [5.41, 5.74) is 9.83. The minimum Gasteiger partial charge on any atom is -0.437 e. The van der Waals surface area contributed by atoms with Crippen molar-refractivity contribution < 1.29 is 4.74 Å². The summed E-state index contributed by atoms with van der Waals surface area (Å²) in [5, 5.41) is 3.25. The molecule has 0 spiro atoms. The van der Waals surface area contributed by atoms with Crippen LogP contribution in [-0.2, 0) is 0 Å². The Kier molecular flexibility index (Phi) is 4.10. The van der Waals surface area contributed by atoms with Crippen molar-refractivity contribution in [3.05, 3.63) is 66.0 Å². The molecule has 5 heteroatoms. The van der Waals surface area contributed by atoms with Gasteiger partial charge in [-0.05, 0) is 43.2 Å². The van der Waals surface area contributed by atoms with Gasteiger partial charge in [0, 0.05) is 5.69 Å². The highest BCUT2D eigenvalue weighted by Gasteiger charge is 2.11. The predicted molar refractivity (Wildman–Crippen MR) is 92.2 cm³/mol. The minimum atomic E-state index is 0.332. The normalized spacial score (nSPS) is 10.3. The summed E-state index contributed by atoms with van der Waals surface area (Å²) in [4.78, 5) is 8.34. The zero-order valence-corrected chi connectivity index (χ0v) is 13.1. The van der Waals surface area contributed by atoms with Crippen LogP contribution in [0, 0.1) is 13.8 Å². The number of aryl methyl sites for hydroxylation is 1. The molecule has 0 saturated heterocycles. The lowest BCUT2D eigenvalue weighted by atomic mass is 10.1. The lowest BCUT2D eigenvalue weighted by Gasteiger charge is -2.14. The van der Waals surface area contributed by atoms with Crippen molar-refractivity contribution in [3.8, 4) is 11.6 Å². The molecule has 23 heavy (non-hydrogen) atoms. The van der Waals surface area contributed by atoms with E-state index in [2.05, 4.69) is 35.2 Å². The van der Waals surface area contributed by atoms with E-state index in [0.717, 1.165) is 11.3 Å². The zero-order chi connectivity index (χ0) is 16.2. The first-order valence-electron chi connectivity index (χ1n) is 7.32. The van der Waals surface area contributed by atoms with Crippen molar-refractivity contribution in [2.45, 2.75) is 13.8 Å². The molecule has 0 atom stereocenters. The fourth-order valence-corrected chi connectivity index (χ4v) is 2.17. The second-order valence-corrected chi connectivity index (χ2v) is 5.23. The maximum absolute atomic E-state index is 6.15. The van der Waals surface area contributed by atoms with Gasteiger partial charge in [0.05, 0.1) is 0 Å². The maximum Gasteiger partial charge on any atom is 0.248 e. The summed E-state index contributed by atoms with van der Waals surface area (Å²) in [7, 11) is 0.